The lowest BCUT2D eigenvalue weighted by atomic mass is 9.99. The Morgan fingerprint density at radius 3 is 2.20 bits per heavy atom. The third kappa shape index (κ3) is 4.55. The summed E-state index contributed by atoms with van der Waals surface area (Å²) in [6.45, 7) is 0. The first kappa shape index (κ1) is 16.8. The van der Waals surface area contributed by atoms with E-state index in [0.29, 0.717) is 27.5 Å². The SMILES string of the molecule is [2H]c1c([2H])c([2H])c(N(c2c([2H])c([2H])c(-c3c([2H])c([2H])c4c(sc5c([2H])c([2H])c([2H])c([2H])c54)c3[2H])c([2H])c2[2H])c2cccc3oc4c5ccccc5ccc4c23)c(-c2ccccc2)c1[2H]. The summed E-state index contributed by atoms with van der Waals surface area (Å²) in [7, 11) is 0. The Kier molecular flexibility index (Phi) is 3.85. The van der Waals surface area contributed by atoms with Gasteiger partial charge in [0, 0.05) is 42.2 Å². The molecule has 0 bridgehead atoms. The fourth-order valence-electron chi connectivity index (χ4n) is 6.33. The zero-order valence-corrected chi connectivity index (χ0v) is 26.2. The van der Waals surface area contributed by atoms with Crippen LogP contribution < -0.4 is 4.90 Å². The lowest BCUT2D eigenvalue weighted by Gasteiger charge is -2.28. The van der Waals surface area contributed by atoms with Crippen molar-refractivity contribution >= 4 is 81.3 Å². The molecule has 3 heteroatoms. The number of para-hydroxylation sites is 1. The first-order valence-electron chi connectivity index (χ1n) is 22.9. The summed E-state index contributed by atoms with van der Waals surface area (Å²) in [4.78, 5) is 1.30. The molecule has 0 atom stereocenters. The second-order valence-electron chi connectivity index (χ2n) is 11.3. The van der Waals surface area contributed by atoms with Gasteiger partial charge in [0.1, 0.15) is 11.2 Å². The predicted octanol–water partition coefficient (Wildman–Crippen LogP) is 13.9. The highest BCUT2D eigenvalue weighted by atomic mass is 32.1. The van der Waals surface area contributed by atoms with Crippen LogP contribution in [-0.2, 0) is 0 Å². The highest BCUT2D eigenvalue weighted by molar-refractivity contribution is 7.25. The van der Waals surface area contributed by atoms with Crippen molar-refractivity contribution in [1.82, 2.24) is 0 Å². The van der Waals surface area contributed by atoms with Gasteiger partial charge < -0.3 is 9.32 Å². The molecule has 0 saturated heterocycles. The minimum absolute atomic E-state index is 0.000568. The fraction of sp³-hybridized carbons (Fsp3) is 0. The summed E-state index contributed by atoms with van der Waals surface area (Å²) in [5.74, 6) is 0. The van der Waals surface area contributed by atoms with Crippen LogP contribution in [0, 0.1) is 0 Å². The molecular weight excluding hydrogens is 615 g/mol. The molecule has 0 saturated carbocycles. The Morgan fingerprint density at radius 1 is 0.510 bits per heavy atom. The smallest absolute Gasteiger partial charge is 0.143 e. The summed E-state index contributed by atoms with van der Waals surface area (Å²) in [5, 5.41) is 2.62. The number of nitrogens with zero attached hydrogens (tertiary/aromatic N) is 1. The number of thiophene rings is 1. The summed E-state index contributed by atoms with van der Waals surface area (Å²) in [6.07, 6.45) is 0. The van der Waals surface area contributed by atoms with E-state index < -0.39 is 101 Å². The van der Waals surface area contributed by atoms with Gasteiger partial charge >= 0.3 is 0 Å². The lowest BCUT2D eigenvalue weighted by Crippen LogP contribution is -2.11. The van der Waals surface area contributed by atoms with Crippen LogP contribution >= 0.6 is 11.3 Å². The van der Waals surface area contributed by atoms with Crippen LogP contribution in [-0.4, -0.2) is 0 Å². The molecule has 0 N–H and O–H groups in total. The molecule has 230 valence electrons. The Labute approximate surface area is 308 Å². The molecule has 8 aromatic carbocycles. The van der Waals surface area contributed by atoms with Gasteiger partial charge in [-0.3, -0.25) is 0 Å². The van der Waals surface area contributed by atoms with E-state index in [9.17, 15) is 9.60 Å². The van der Waals surface area contributed by atoms with E-state index in [-0.39, 0.29) is 43.2 Å². The molecule has 10 rings (SSSR count). The standard InChI is InChI=1S/C46H29NOS/c1-2-11-31(12-3-1)35-14-6-8-17-40(35)47(41-18-10-19-42-45(41)39-28-23-32-13-4-5-15-36(32)46(39)48-42)34-25-21-30(22-26-34)33-24-27-38-37-16-7-9-20-43(37)49-44(38)29-33/h1-29H/i6D,7D,8D,9D,14D,16D,17D,20D,21D,22D,24D,25D,26D,27D,29D. The molecule has 0 aliphatic heterocycles. The number of hydrogen-bond donors (Lipinski definition) is 0. The van der Waals surface area contributed by atoms with Crippen LogP contribution in [0.1, 0.15) is 20.6 Å². The molecule has 0 spiro atoms. The van der Waals surface area contributed by atoms with E-state index in [1.807, 2.05) is 36.4 Å². The molecule has 0 radical (unpaired) electrons. The zero-order valence-electron chi connectivity index (χ0n) is 40.3. The maximum absolute atomic E-state index is 9.73. The van der Waals surface area contributed by atoms with Gasteiger partial charge in [-0.25, -0.2) is 0 Å². The molecule has 2 aromatic heterocycles. The van der Waals surface area contributed by atoms with Gasteiger partial charge in [-0.05, 0) is 70.5 Å². The van der Waals surface area contributed by atoms with Crippen LogP contribution in [0.25, 0.3) is 75.1 Å². The maximum atomic E-state index is 9.73. The van der Waals surface area contributed by atoms with Gasteiger partial charge in [0.05, 0.1) is 37.3 Å². The van der Waals surface area contributed by atoms with Crippen LogP contribution in [0.15, 0.2) is 180 Å². The van der Waals surface area contributed by atoms with E-state index in [4.69, 9.17) is 15.4 Å². The Hall–Kier alpha value is -6.16. The molecule has 2 heterocycles. The summed E-state index contributed by atoms with van der Waals surface area (Å²) in [5.41, 5.74) is -0.0608. The number of anilines is 3. The van der Waals surface area contributed by atoms with Gasteiger partial charge in [0.25, 0.3) is 0 Å². The van der Waals surface area contributed by atoms with Crippen molar-refractivity contribution in [3.8, 4) is 22.3 Å². The minimum atomic E-state index is -0.718. The number of rotatable bonds is 5. The highest BCUT2D eigenvalue weighted by Crippen LogP contribution is 2.47. The van der Waals surface area contributed by atoms with Gasteiger partial charge in [0.15, 0.2) is 0 Å². The Bertz CT molecular complexity index is 3670. The van der Waals surface area contributed by atoms with Crippen LogP contribution in [0.5, 0.6) is 0 Å². The van der Waals surface area contributed by atoms with Gasteiger partial charge in [-0.2, -0.15) is 0 Å². The van der Waals surface area contributed by atoms with Crippen molar-refractivity contribution in [3.63, 3.8) is 0 Å². The fourth-order valence-corrected chi connectivity index (χ4v) is 7.30. The first-order valence-corrected chi connectivity index (χ1v) is 16.2. The molecular formula is C46H29NOS. The molecule has 0 aliphatic rings. The van der Waals surface area contributed by atoms with E-state index in [1.165, 1.54) is 4.90 Å². The van der Waals surface area contributed by atoms with Crippen molar-refractivity contribution in [2.24, 2.45) is 0 Å². The van der Waals surface area contributed by atoms with E-state index in [1.54, 1.807) is 48.5 Å². The number of furan rings is 1. The molecule has 0 amide bonds. The van der Waals surface area contributed by atoms with Gasteiger partial charge in [-0.15, -0.1) is 11.3 Å². The Morgan fingerprint density at radius 2 is 1.29 bits per heavy atom. The monoisotopic (exact) mass is 658 g/mol. The van der Waals surface area contributed by atoms with E-state index >= 15 is 0 Å². The van der Waals surface area contributed by atoms with Gasteiger partial charge in [-0.1, -0.05) is 127 Å². The van der Waals surface area contributed by atoms with Crippen molar-refractivity contribution < 1.29 is 25.0 Å². The van der Waals surface area contributed by atoms with Crippen LogP contribution in [0.2, 0.25) is 0 Å². The Balaban J connectivity index is 1.34. The predicted molar refractivity (Wildman–Crippen MR) is 210 cm³/mol. The number of fused-ring (bicyclic) bond motifs is 8. The number of hydrogen-bond acceptors (Lipinski definition) is 3. The first-order chi connectivity index (χ1) is 30.6. The van der Waals surface area contributed by atoms with E-state index in [0.717, 1.165) is 22.1 Å². The maximum Gasteiger partial charge on any atom is 0.143 e. The average molecular weight is 659 g/mol. The minimum Gasteiger partial charge on any atom is -0.455 e. The summed E-state index contributed by atoms with van der Waals surface area (Å²) in [6, 6.07) is 16.3. The lowest BCUT2D eigenvalue weighted by molar-refractivity contribution is 0.672. The van der Waals surface area contributed by atoms with E-state index in [2.05, 4.69) is 0 Å². The third-order valence-electron chi connectivity index (χ3n) is 8.53. The van der Waals surface area contributed by atoms with Gasteiger partial charge in [0.2, 0.25) is 0 Å². The van der Waals surface area contributed by atoms with Crippen molar-refractivity contribution in [2.75, 3.05) is 4.90 Å². The molecule has 49 heavy (non-hydrogen) atoms. The molecule has 0 aliphatic carbocycles. The summed E-state index contributed by atoms with van der Waals surface area (Å²) < 4.78 is 143. The zero-order chi connectivity index (χ0) is 45.4. The molecule has 0 fully saturated rings. The largest absolute Gasteiger partial charge is 0.455 e. The number of benzene rings is 8. The highest BCUT2D eigenvalue weighted by Gasteiger charge is 2.22. The molecule has 0 unspecified atom stereocenters. The third-order valence-corrected chi connectivity index (χ3v) is 9.55. The van der Waals surface area contributed by atoms with Crippen LogP contribution in [0.4, 0.5) is 17.1 Å². The second kappa shape index (κ2) is 11.2. The average Bonchev–Trinajstić information content (AvgIpc) is 3.90. The quantitative estimate of drug-likeness (QED) is 0.183. The second-order valence-corrected chi connectivity index (χ2v) is 12.3. The normalized spacial score (nSPS) is 16.0. The molecule has 10 aromatic rings. The topological polar surface area (TPSA) is 16.4 Å². The molecule has 2 nitrogen and oxygen atoms in total. The van der Waals surface area contributed by atoms with Crippen molar-refractivity contribution in [3.05, 3.63) is 176 Å². The van der Waals surface area contributed by atoms with Crippen molar-refractivity contribution in [2.45, 2.75) is 0 Å². The summed E-state index contributed by atoms with van der Waals surface area (Å²) >= 11 is 0.808. The van der Waals surface area contributed by atoms with Crippen molar-refractivity contribution in [1.29, 1.82) is 0 Å². The van der Waals surface area contributed by atoms with Crippen LogP contribution in [0.3, 0.4) is 0 Å².